The van der Waals surface area contributed by atoms with Crippen molar-refractivity contribution in [3.8, 4) is 5.75 Å². The molecule has 1 rings (SSSR count). The summed E-state index contributed by atoms with van der Waals surface area (Å²) in [6.45, 7) is 6.84. The third-order valence-electron chi connectivity index (χ3n) is 1.89. The molecule has 1 aromatic carbocycles. The van der Waals surface area contributed by atoms with Crippen LogP contribution < -0.4 is 4.74 Å². The molecule has 0 saturated heterocycles. The van der Waals surface area contributed by atoms with E-state index in [1.807, 2.05) is 51.1 Å². The van der Waals surface area contributed by atoms with E-state index in [4.69, 9.17) is 9.47 Å². The lowest BCUT2D eigenvalue weighted by molar-refractivity contribution is -0.00923. The van der Waals surface area contributed by atoms with Gasteiger partial charge >= 0.3 is 0 Å². The Bertz CT molecular complexity index is 293. The molecule has 0 radical (unpaired) electrons. The third-order valence-corrected chi connectivity index (χ3v) is 2.53. The Morgan fingerprint density at radius 2 is 1.81 bits per heavy atom. The minimum absolute atomic E-state index is 0.00255. The predicted octanol–water partition coefficient (Wildman–Crippen LogP) is 3.99. The van der Waals surface area contributed by atoms with Gasteiger partial charge < -0.3 is 9.47 Å². The van der Waals surface area contributed by atoms with E-state index >= 15 is 0 Å². The second-order valence-electron chi connectivity index (χ2n) is 4.59. The van der Waals surface area contributed by atoms with E-state index < -0.39 is 0 Å². The summed E-state index contributed by atoms with van der Waals surface area (Å²) in [6, 6.07) is 9.78. The highest BCUT2D eigenvalue weighted by Crippen LogP contribution is 2.17. The van der Waals surface area contributed by atoms with Crippen molar-refractivity contribution in [2.24, 2.45) is 0 Å². The Labute approximate surface area is 106 Å². The largest absolute Gasteiger partial charge is 0.479 e. The van der Waals surface area contributed by atoms with Gasteiger partial charge in [-0.15, -0.1) is 0 Å². The van der Waals surface area contributed by atoms with Crippen LogP contribution in [0.1, 0.15) is 27.2 Å². The van der Waals surface area contributed by atoms with Gasteiger partial charge in [-0.25, -0.2) is 0 Å². The van der Waals surface area contributed by atoms with Gasteiger partial charge in [0.05, 0.1) is 12.2 Å². The lowest BCUT2D eigenvalue weighted by atomic mass is 10.2. The van der Waals surface area contributed by atoms with Crippen LogP contribution in [0.15, 0.2) is 30.3 Å². The number of halogens is 1. The van der Waals surface area contributed by atoms with Gasteiger partial charge in [0.2, 0.25) is 0 Å². The molecular formula is C13H19BrO2. The molecule has 0 aliphatic carbocycles. The molecule has 16 heavy (non-hydrogen) atoms. The molecule has 0 fully saturated rings. The Morgan fingerprint density at radius 1 is 1.19 bits per heavy atom. The minimum atomic E-state index is -0.0839. The van der Waals surface area contributed by atoms with Crippen LogP contribution >= 0.6 is 15.9 Å². The summed E-state index contributed by atoms with van der Waals surface area (Å²) < 4.78 is 11.3. The van der Waals surface area contributed by atoms with Crippen molar-refractivity contribution < 1.29 is 9.47 Å². The van der Waals surface area contributed by atoms with Gasteiger partial charge in [-0.2, -0.15) is 0 Å². The number of hydrogen-bond donors (Lipinski definition) is 0. The summed E-state index contributed by atoms with van der Waals surface area (Å²) in [6.07, 6.45) is 0.826. The Morgan fingerprint density at radius 3 is 2.38 bits per heavy atom. The molecular weight excluding hydrogens is 268 g/mol. The molecule has 0 amide bonds. The Kier molecular flexibility index (Phi) is 5.29. The first kappa shape index (κ1) is 13.5. The van der Waals surface area contributed by atoms with E-state index in [-0.39, 0.29) is 10.6 Å². The predicted molar refractivity (Wildman–Crippen MR) is 70.1 cm³/mol. The highest BCUT2D eigenvalue weighted by atomic mass is 79.9. The lowest BCUT2D eigenvalue weighted by Gasteiger charge is -2.21. The van der Waals surface area contributed by atoms with E-state index in [2.05, 4.69) is 15.9 Å². The van der Waals surface area contributed by atoms with Crippen molar-refractivity contribution in [3.05, 3.63) is 30.3 Å². The molecule has 1 atom stereocenters. The highest BCUT2D eigenvalue weighted by molar-refractivity contribution is 9.09. The van der Waals surface area contributed by atoms with Gasteiger partial charge in [0.1, 0.15) is 5.75 Å². The first-order chi connectivity index (χ1) is 7.47. The number of ether oxygens (including phenoxy) is 2. The zero-order chi connectivity index (χ0) is 12.0. The summed E-state index contributed by atoms with van der Waals surface area (Å²) >= 11 is 3.48. The summed E-state index contributed by atoms with van der Waals surface area (Å²) in [4.78, 5) is 0. The molecule has 0 aliphatic rings. The first-order valence-electron chi connectivity index (χ1n) is 5.47. The van der Waals surface area contributed by atoms with Crippen LogP contribution in [0, 0.1) is 0 Å². The summed E-state index contributed by atoms with van der Waals surface area (Å²) in [5.41, 5.74) is -0.0839. The van der Waals surface area contributed by atoms with Crippen LogP contribution in [0.4, 0.5) is 0 Å². The second-order valence-corrected chi connectivity index (χ2v) is 5.61. The molecule has 1 unspecified atom stereocenters. The molecule has 2 nitrogen and oxygen atoms in total. The molecule has 90 valence electrons. The third kappa shape index (κ3) is 6.13. The molecule has 1 aromatic rings. The van der Waals surface area contributed by atoms with Gasteiger partial charge in [-0.1, -0.05) is 18.2 Å². The number of hydrogen-bond acceptors (Lipinski definition) is 2. The van der Waals surface area contributed by atoms with Crippen molar-refractivity contribution in [2.75, 3.05) is 6.61 Å². The Balaban J connectivity index is 2.24. The van der Waals surface area contributed by atoms with Crippen molar-refractivity contribution in [2.45, 2.75) is 37.8 Å². The van der Waals surface area contributed by atoms with Gasteiger partial charge in [-0.3, -0.25) is 0 Å². The standard InChI is InChI=1S/C13H19BrO2/c1-13(2,3)15-10-9-12(14)16-11-7-5-4-6-8-11/h4-8,12H,9-10H2,1-3H3. The van der Waals surface area contributed by atoms with E-state index in [0.29, 0.717) is 6.61 Å². The molecule has 0 aromatic heterocycles. The van der Waals surface area contributed by atoms with E-state index in [0.717, 1.165) is 12.2 Å². The molecule has 3 heteroatoms. The second kappa shape index (κ2) is 6.26. The fourth-order valence-electron chi connectivity index (χ4n) is 1.16. The average Bonchev–Trinajstić information content (AvgIpc) is 2.17. The number of benzene rings is 1. The zero-order valence-electron chi connectivity index (χ0n) is 10.1. The van der Waals surface area contributed by atoms with Crippen LogP contribution in [0.2, 0.25) is 0 Å². The molecule has 0 saturated carbocycles. The van der Waals surface area contributed by atoms with Crippen LogP contribution in [0.25, 0.3) is 0 Å². The monoisotopic (exact) mass is 286 g/mol. The van der Waals surface area contributed by atoms with Gasteiger partial charge in [0.15, 0.2) is 5.01 Å². The number of alkyl halides is 1. The van der Waals surface area contributed by atoms with E-state index in [9.17, 15) is 0 Å². The average molecular weight is 287 g/mol. The highest BCUT2D eigenvalue weighted by Gasteiger charge is 2.12. The molecule has 0 spiro atoms. The normalized spacial score (nSPS) is 13.5. The maximum atomic E-state index is 5.67. The summed E-state index contributed by atoms with van der Waals surface area (Å²) in [7, 11) is 0. The molecule has 0 heterocycles. The first-order valence-corrected chi connectivity index (χ1v) is 6.39. The molecule has 0 N–H and O–H groups in total. The molecule has 0 bridgehead atoms. The van der Waals surface area contributed by atoms with Gasteiger partial charge in [0, 0.05) is 6.42 Å². The van der Waals surface area contributed by atoms with E-state index in [1.165, 1.54) is 0 Å². The quantitative estimate of drug-likeness (QED) is 0.762. The minimum Gasteiger partial charge on any atom is -0.479 e. The van der Waals surface area contributed by atoms with Gasteiger partial charge in [0.25, 0.3) is 0 Å². The van der Waals surface area contributed by atoms with Crippen LogP contribution in [-0.2, 0) is 4.74 Å². The van der Waals surface area contributed by atoms with Crippen LogP contribution in [0.5, 0.6) is 5.75 Å². The smallest absolute Gasteiger partial charge is 0.155 e. The summed E-state index contributed by atoms with van der Waals surface area (Å²) in [5, 5.41) is -0.00255. The fraction of sp³-hybridized carbons (Fsp3) is 0.538. The summed E-state index contributed by atoms with van der Waals surface area (Å²) in [5.74, 6) is 0.875. The van der Waals surface area contributed by atoms with Gasteiger partial charge in [-0.05, 0) is 48.8 Å². The van der Waals surface area contributed by atoms with Crippen molar-refractivity contribution in [1.29, 1.82) is 0 Å². The Hall–Kier alpha value is -0.540. The topological polar surface area (TPSA) is 18.5 Å². The number of para-hydroxylation sites is 1. The number of rotatable bonds is 5. The SMILES string of the molecule is CC(C)(C)OCCC(Br)Oc1ccccc1. The van der Waals surface area contributed by atoms with Crippen molar-refractivity contribution in [1.82, 2.24) is 0 Å². The fourth-order valence-corrected chi connectivity index (χ4v) is 1.57. The zero-order valence-corrected chi connectivity index (χ0v) is 11.7. The molecule has 0 aliphatic heterocycles. The van der Waals surface area contributed by atoms with Crippen LogP contribution in [0.3, 0.4) is 0 Å². The van der Waals surface area contributed by atoms with Crippen molar-refractivity contribution >= 4 is 15.9 Å². The van der Waals surface area contributed by atoms with E-state index in [1.54, 1.807) is 0 Å². The van der Waals surface area contributed by atoms with Crippen LogP contribution in [-0.4, -0.2) is 17.2 Å². The van der Waals surface area contributed by atoms with Crippen molar-refractivity contribution in [3.63, 3.8) is 0 Å². The maximum absolute atomic E-state index is 5.67. The lowest BCUT2D eigenvalue weighted by Crippen LogP contribution is -2.22. The maximum Gasteiger partial charge on any atom is 0.155 e.